The summed E-state index contributed by atoms with van der Waals surface area (Å²) in [5, 5.41) is 5.99. The number of rotatable bonds is 3. The summed E-state index contributed by atoms with van der Waals surface area (Å²) in [4.78, 5) is 14.1. The highest BCUT2D eigenvalue weighted by atomic mass is 32.1. The Morgan fingerprint density at radius 3 is 2.00 bits per heavy atom. The van der Waals surface area contributed by atoms with Gasteiger partial charge >= 0.3 is 0 Å². The van der Waals surface area contributed by atoms with Gasteiger partial charge in [0.25, 0.3) is 0 Å². The molecule has 0 saturated carbocycles. The summed E-state index contributed by atoms with van der Waals surface area (Å²) < 4.78 is 3.64. The molecule has 4 nitrogen and oxygen atoms in total. The van der Waals surface area contributed by atoms with Gasteiger partial charge in [-0.2, -0.15) is 0 Å². The van der Waals surface area contributed by atoms with Gasteiger partial charge < -0.3 is 4.57 Å². The second-order valence-electron chi connectivity index (χ2n) is 8.17. The van der Waals surface area contributed by atoms with Crippen LogP contribution in [0.15, 0.2) is 109 Å². The maximum absolute atomic E-state index is 4.95. The van der Waals surface area contributed by atoms with Crippen LogP contribution in [0.4, 0.5) is 0 Å². The molecular weight excluding hydrogens is 436 g/mol. The predicted octanol–water partition coefficient (Wildman–Crippen LogP) is 7.52. The van der Waals surface area contributed by atoms with Crippen LogP contribution in [0.25, 0.3) is 60.4 Å². The lowest BCUT2D eigenvalue weighted by atomic mass is 10.1. The van der Waals surface area contributed by atoms with Gasteiger partial charge in [-0.1, -0.05) is 30.3 Å². The summed E-state index contributed by atoms with van der Waals surface area (Å²) >= 11 is 1.78. The first-order valence-corrected chi connectivity index (χ1v) is 12.0. The van der Waals surface area contributed by atoms with Crippen molar-refractivity contribution >= 4 is 43.2 Å². The number of hydrogen-bond acceptors (Lipinski definition) is 4. The third-order valence-corrected chi connectivity index (χ3v) is 7.07. The van der Waals surface area contributed by atoms with Crippen molar-refractivity contribution < 1.29 is 0 Å². The van der Waals surface area contributed by atoms with E-state index in [4.69, 9.17) is 4.98 Å². The van der Waals surface area contributed by atoms with Crippen molar-refractivity contribution in [1.82, 2.24) is 19.5 Å². The van der Waals surface area contributed by atoms with E-state index in [1.54, 1.807) is 23.7 Å². The molecule has 0 amide bonds. The van der Waals surface area contributed by atoms with Crippen LogP contribution in [0.1, 0.15) is 0 Å². The lowest BCUT2D eigenvalue weighted by Gasteiger charge is -2.12. The second kappa shape index (κ2) is 7.61. The third kappa shape index (κ3) is 2.95. The zero-order valence-corrected chi connectivity index (χ0v) is 18.9. The van der Waals surface area contributed by atoms with Gasteiger partial charge in [0, 0.05) is 33.3 Å². The maximum atomic E-state index is 4.95. The monoisotopic (exact) mass is 454 g/mol. The fraction of sp³-hybridized carbons (Fsp3) is 0. The number of aromatic nitrogens is 4. The Balaban J connectivity index is 1.59. The molecule has 0 atom stereocenters. The molecule has 5 heteroatoms. The van der Waals surface area contributed by atoms with Crippen molar-refractivity contribution in [1.29, 1.82) is 0 Å². The fourth-order valence-electron chi connectivity index (χ4n) is 4.73. The van der Waals surface area contributed by atoms with Crippen molar-refractivity contribution in [2.24, 2.45) is 0 Å². The zero-order chi connectivity index (χ0) is 22.5. The number of benzene rings is 2. The van der Waals surface area contributed by atoms with Gasteiger partial charge in [0.15, 0.2) is 0 Å². The van der Waals surface area contributed by atoms with Crippen LogP contribution < -0.4 is 0 Å². The van der Waals surface area contributed by atoms with Crippen LogP contribution in [0.3, 0.4) is 0 Å². The molecule has 0 unspecified atom stereocenters. The second-order valence-corrected chi connectivity index (χ2v) is 9.12. The summed E-state index contributed by atoms with van der Waals surface area (Å²) in [6.07, 6.45) is 3.61. The molecule has 2 aromatic carbocycles. The third-order valence-electron chi connectivity index (χ3n) is 6.19. The first-order valence-electron chi connectivity index (χ1n) is 11.1. The Kier molecular flexibility index (Phi) is 4.29. The number of pyridine rings is 3. The van der Waals surface area contributed by atoms with Crippen LogP contribution in [0.2, 0.25) is 0 Å². The maximum Gasteiger partial charge on any atom is 0.0915 e. The van der Waals surface area contributed by atoms with E-state index in [9.17, 15) is 0 Å². The van der Waals surface area contributed by atoms with E-state index in [-0.39, 0.29) is 0 Å². The standard InChI is InChI=1S/C29H18N4S/c1-2-10-26-20(7-1)29-21-13-16-34-28(21)12-11-27(29)33(26)19-17-24(22-8-3-5-14-30-22)32-25(18-19)23-9-4-6-15-31-23/h1-18H. The molecule has 0 aliphatic carbocycles. The van der Waals surface area contributed by atoms with E-state index in [0.717, 1.165) is 28.5 Å². The van der Waals surface area contributed by atoms with Gasteiger partial charge in [0.2, 0.25) is 0 Å². The van der Waals surface area contributed by atoms with Crippen molar-refractivity contribution in [3.05, 3.63) is 109 Å². The van der Waals surface area contributed by atoms with E-state index in [1.165, 1.54) is 31.9 Å². The quantitative estimate of drug-likeness (QED) is 0.277. The van der Waals surface area contributed by atoms with E-state index in [0.29, 0.717) is 0 Å². The fourth-order valence-corrected chi connectivity index (χ4v) is 5.52. The Labute approximate surface area is 199 Å². The van der Waals surface area contributed by atoms with Gasteiger partial charge in [-0.15, -0.1) is 11.3 Å². The highest BCUT2D eigenvalue weighted by Crippen LogP contribution is 2.39. The van der Waals surface area contributed by atoms with Crippen LogP contribution in [-0.4, -0.2) is 19.5 Å². The van der Waals surface area contributed by atoms with Crippen LogP contribution in [-0.2, 0) is 0 Å². The molecule has 0 N–H and O–H groups in total. The minimum atomic E-state index is 0.821. The summed E-state index contributed by atoms with van der Waals surface area (Å²) in [7, 11) is 0. The number of thiophene rings is 1. The van der Waals surface area contributed by atoms with Crippen molar-refractivity contribution in [2.75, 3.05) is 0 Å². The molecule has 0 aliphatic rings. The average molecular weight is 455 g/mol. The van der Waals surface area contributed by atoms with Crippen molar-refractivity contribution in [3.63, 3.8) is 0 Å². The van der Waals surface area contributed by atoms with Gasteiger partial charge in [0.1, 0.15) is 0 Å². The summed E-state index contributed by atoms with van der Waals surface area (Å²) in [6.45, 7) is 0. The summed E-state index contributed by atoms with van der Waals surface area (Å²) in [5.41, 5.74) is 6.70. The Bertz CT molecular complexity index is 1740. The number of para-hydroxylation sites is 1. The van der Waals surface area contributed by atoms with Gasteiger partial charge in [0.05, 0.1) is 39.5 Å². The number of fused-ring (bicyclic) bond motifs is 5. The normalized spacial score (nSPS) is 11.5. The van der Waals surface area contributed by atoms with E-state index in [1.807, 2.05) is 36.4 Å². The molecular formula is C29H18N4S. The molecule has 0 aliphatic heterocycles. The molecule has 7 aromatic rings. The van der Waals surface area contributed by atoms with Crippen LogP contribution in [0, 0.1) is 0 Å². The lowest BCUT2D eigenvalue weighted by molar-refractivity contribution is 1.14. The van der Waals surface area contributed by atoms with Gasteiger partial charge in [-0.05, 0) is 66.0 Å². The van der Waals surface area contributed by atoms with Crippen LogP contribution >= 0.6 is 11.3 Å². The van der Waals surface area contributed by atoms with E-state index >= 15 is 0 Å². The Hall–Kier alpha value is -4.35. The molecule has 5 aromatic heterocycles. The average Bonchev–Trinajstić information content (AvgIpc) is 3.52. The molecule has 5 heterocycles. The smallest absolute Gasteiger partial charge is 0.0915 e. The van der Waals surface area contributed by atoms with Crippen LogP contribution in [0.5, 0.6) is 0 Å². The van der Waals surface area contributed by atoms with Gasteiger partial charge in [-0.3, -0.25) is 9.97 Å². The predicted molar refractivity (Wildman–Crippen MR) is 140 cm³/mol. The van der Waals surface area contributed by atoms with Crippen molar-refractivity contribution in [2.45, 2.75) is 0 Å². The molecule has 0 saturated heterocycles. The first-order chi connectivity index (χ1) is 16.9. The van der Waals surface area contributed by atoms with Gasteiger partial charge in [-0.25, -0.2) is 4.98 Å². The highest BCUT2D eigenvalue weighted by molar-refractivity contribution is 7.17. The van der Waals surface area contributed by atoms with E-state index < -0.39 is 0 Å². The lowest BCUT2D eigenvalue weighted by Crippen LogP contribution is -1.99. The van der Waals surface area contributed by atoms with E-state index in [2.05, 4.69) is 74.5 Å². The molecule has 0 radical (unpaired) electrons. The first kappa shape index (κ1) is 19.1. The molecule has 0 bridgehead atoms. The molecule has 7 rings (SSSR count). The largest absolute Gasteiger partial charge is 0.309 e. The molecule has 160 valence electrons. The molecule has 34 heavy (non-hydrogen) atoms. The number of hydrogen-bond donors (Lipinski definition) is 0. The highest BCUT2D eigenvalue weighted by Gasteiger charge is 2.17. The zero-order valence-electron chi connectivity index (χ0n) is 18.1. The Morgan fingerprint density at radius 2 is 1.29 bits per heavy atom. The molecule has 0 fully saturated rings. The number of nitrogens with zero attached hydrogens (tertiary/aromatic N) is 4. The minimum Gasteiger partial charge on any atom is -0.309 e. The SMILES string of the molecule is c1ccc(-c2cc(-n3c4ccccc4c4c5ccsc5ccc43)cc(-c3ccccn3)n2)nc1. The van der Waals surface area contributed by atoms with Crippen molar-refractivity contribution in [3.8, 4) is 28.5 Å². The minimum absolute atomic E-state index is 0.821. The summed E-state index contributed by atoms with van der Waals surface area (Å²) in [6, 6.07) is 31.4. The summed E-state index contributed by atoms with van der Waals surface area (Å²) in [5.74, 6) is 0. The molecule has 0 spiro atoms. The Morgan fingerprint density at radius 1 is 0.588 bits per heavy atom. The topological polar surface area (TPSA) is 43.6 Å².